The summed E-state index contributed by atoms with van der Waals surface area (Å²) in [5.74, 6) is 1.23. The number of carbonyl (C=O) groups is 1. The van der Waals surface area contributed by atoms with Crippen LogP contribution in [0.2, 0.25) is 0 Å². The first-order valence-electron chi connectivity index (χ1n) is 11.1. The van der Waals surface area contributed by atoms with Crippen LogP contribution in [0.1, 0.15) is 36.2 Å². The summed E-state index contributed by atoms with van der Waals surface area (Å²) >= 11 is 0. The molecule has 32 heavy (non-hydrogen) atoms. The fourth-order valence-corrected chi connectivity index (χ4v) is 3.96. The van der Waals surface area contributed by atoms with E-state index >= 15 is 0 Å². The molecule has 0 aromatic heterocycles. The maximum absolute atomic E-state index is 12.7. The lowest BCUT2D eigenvalue weighted by atomic mass is 10.1. The molecule has 2 unspecified atom stereocenters. The zero-order valence-electron chi connectivity index (χ0n) is 19.4. The normalized spacial score (nSPS) is 18.8. The summed E-state index contributed by atoms with van der Waals surface area (Å²) in [6, 6.07) is 13.2. The third-order valence-electron chi connectivity index (χ3n) is 5.38. The zero-order chi connectivity index (χ0) is 22.9. The van der Waals surface area contributed by atoms with Gasteiger partial charge in [0.15, 0.2) is 11.5 Å². The second-order valence-electron chi connectivity index (χ2n) is 8.11. The molecule has 7 nitrogen and oxygen atoms in total. The third-order valence-corrected chi connectivity index (χ3v) is 5.38. The first-order valence-corrected chi connectivity index (χ1v) is 11.1. The van der Waals surface area contributed by atoms with Crippen LogP contribution in [0.5, 0.6) is 17.2 Å². The molecule has 2 aromatic rings. The van der Waals surface area contributed by atoms with Crippen molar-refractivity contribution < 1.29 is 23.7 Å². The molecule has 2 atom stereocenters. The molecule has 1 saturated heterocycles. The summed E-state index contributed by atoms with van der Waals surface area (Å²) in [5, 5.41) is 2.99. The highest BCUT2D eigenvalue weighted by Crippen LogP contribution is 2.39. The van der Waals surface area contributed by atoms with Crippen LogP contribution < -0.4 is 19.5 Å². The average Bonchev–Trinajstić information content (AvgIpc) is 2.79. The fraction of sp³-hybridized carbons (Fsp3) is 0.480. The van der Waals surface area contributed by atoms with E-state index < -0.39 is 0 Å². The average molecular weight is 443 g/mol. The molecule has 2 aromatic carbocycles. The predicted octanol–water partition coefficient (Wildman–Crippen LogP) is 3.51. The van der Waals surface area contributed by atoms with Crippen LogP contribution in [0.3, 0.4) is 0 Å². The zero-order valence-corrected chi connectivity index (χ0v) is 19.4. The Morgan fingerprint density at radius 1 is 1.06 bits per heavy atom. The summed E-state index contributed by atoms with van der Waals surface area (Å²) in [6.45, 7) is 7.94. The van der Waals surface area contributed by atoms with Crippen LogP contribution in [-0.4, -0.2) is 63.4 Å². The molecule has 1 N–H and O–H groups in total. The van der Waals surface area contributed by atoms with E-state index in [9.17, 15) is 4.79 Å². The third kappa shape index (κ3) is 6.61. The number of morpholine rings is 1. The van der Waals surface area contributed by atoms with Crippen molar-refractivity contribution >= 4 is 5.91 Å². The summed E-state index contributed by atoms with van der Waals surface area (Å²) in [4.78, 5) is 15.1. The van der Waals surface area contributed by atoms with Crippen molar-refractivity contribution in [3.8, 4) is 17.2 Å². The van der Waals surface area contributed by atoms with Gasteiger partial charge in [-0.15, -0.1) is 0 Å². The lowest BCUT2D eigenvalue weighted by molar-refractivity contribution is -0.0679. The summed E-state index contributed by atoms with van der Waals surface area (Å²) in [6.07, 6.45) is 1.37. The van der Waals surface area contributed by atoms with Gasteiger partial charge in [-0.05, 0) is 38.0 Å². The van der Waals surface area contributed by atoms with Crippen LogP contribution in [0, 0.1) is 0 Å². The van der Waals surface area contributed by atoms with Crippen molar-refractivity contribution in [1.29, 1.82) is 0 Å². The van der Waals surface area contributed by atoms with Gasteiger partial charge in [0.2, 0.25) is 5.75 Å². The second kappa shape index (κ2) is 11.7. The molecule has 0 radical (unpaired) electrons. The standard InChI is InChI=1S/C25H34N2O5/c1-18-15-27(16-19(2)32-18)12-8-11-26-25(28)21-13-22(29-3)24(23(14-21)30-4)31-17-20-9-6-5-7-10-20/h5-7,9-10,13-14,18-19H,8,11-12,15-17H2,1-4H3,(H,26,28). The first-order chi connectivity index (χ1) is 15.5. The molecule has 0 spiro atoms. The molecule has 1 fully saturated rings. The van der Waals surface area contributed by atoms with Crippen LogP contribution in [0.4, 0.5) is 0 Å². The van der Waals surface area contributed by atoms with E-state index in [1.165, 1.54) is 0 Å². The molecule has 1 aliphatic rings. The molecular formula is C25H34N2O5. The Kier molecular flexibility index (Phi) is 8.76. The summed E-state index contributed by atoms with van der Waals surface area (Å²) in [7, 11) is 3.10. The fourth-order valence-electron chi connectivity index (χ4n) is 3.96. The number of hydrogen-bond acceptors (Lipinski definition) is 6. The predicted molar refractivity (Wildman–Crippen MR) is 124 cm³/mol. The largest absolute Gasteiger partial charge is 0.493 e. The highest BCUT2D eigenvalue weighted by atomic mass is 16.5. The molecule has 0 aliphatic carbocycles. The van der Waals surface area contributed by atoms with E-state index in [1.54, 1.807) is 26.4 Å². The molecule has 1 amide bonds. The number of hydrogen-bond donors (Lipinski definition) is 1. The number of rotatable bonds is 10. The first kappa shape index (κ1) is 23.9. The minimum absolute atomic E-state index is 0.167. The van der Waals surface area contributed by atoms with E-state index in [-0.39, 0.29) is 18.1 Å². The second-order valence-corrected chi connectivity index (χ2v) is 8.11. The molecule has 1 aliphatic heterocycles. The van der Waals surface area contributed by atoms with Crippen LogP contribution in [-0.2, 0) is 11.3 Å². The Morgan fingerprint density at radius 3 is 2.28 bits per heavy atom. The van der Waals surface area contributed by atoms with Gasteiger partial charge < -0.3 is 24.3 Å². The molecule has 3 rings (SSSR count). The van der Waals surface area contributed by atoms with E-state index in [0.29, 0.717) is 36.0 Å². The number of carbonyl (C=O) groups excluding carboxylic acids is 1. The number of benzene rings is 2. The minimum atomic E-state index is -0.167. The van der Waals surface area contributed by atoms with Crippen LogP contribution in [0.25, 0.3) is 0 Å². The van der Waals surface area contributed by atoms with Gasteiger partial charge in [0, 0.05) is 31.7 Å². The van der Waals surface area contributed by atoms with Gasteiger partial charge in [0.05, 0.1) is 26.4 Å². The van der Waals surface area contributed by atoms with E-state index in [2.05, 4.69) is 24.1 Å². The molecule has 0 bridgehead atoms. The SMILES string of the molecule is COc1cc(C(=O)NCCCN2CC(C)OC(C)C2)cc(OC)c1OCc1ccccc1. The van der Waals surface area contributed by atoms with Gasteiger partial charge in [-0.3, -0.25) is 9.69 Å². The van der Waals surface area contributed by atoms with Gasteiger partial charge in [-0.25, -0.2) is 0 Å². The quantitative estimate of drug-likeness (QED) is 0.568. The van der Waals surface area contributed by atoms with Gasteiger partial charge in [-0.2, -0.15) is 0 Å². The van der Waals surface area contributed by atoms with E-state index in [1.807, 2.05) is 30.3 Å². The summed E-state index contributed by atoms with van der Waals surface area (Å²) in [5.41, 5.74) is 1.50. The Bertz CT molecular complexity index is 839. The van der Waals surface area contributed by atoms with E-state index in [4.69, 9.17) is 18.9 Å². The van der Waals surface area contributed by atoms with E-state index in [0.717, 1.165) is 31.6 Å². The highest BCUT2D eigenvalue weighted by molar-refractivity contribution is 5.95. The number of methoxy groups -OCH3 is 2. The van der Waals surface area contributed by atoms with Gasteiger partial charge in [0.1, 0.15) is 6.61 Å². The van der Waals surface area contributed by atoms with Crippen molar-refractivity contribution in [1.82, 2.24) is 10.2 Å². The lowest BCUT2D eigenvalue weighted by Crippen LogP contribution is -2.46. The molecule has 1 heterocycles. The Labute approximate surface area is 190 Å². The summed E-state index contributed by atoms with van der Waals surface area (Å²) < 4.78 is 22.7. The smallest absolute Gasteiger partial charge is 0.251 e. The number of ether oxygens (including phenoxy) is 4. The van der Waals surface area contributed by atoms with Crippen molar-refractivity contribution in [2.45, 2.75) is 39.1 Å². The maximum Gasteiger partial charge on any atom is 0.251 e. The molecule has 174 valence electrons. The Balaban J connectivity index is 1.57. The number of nitrogens with zero attached hydrogens (tertiary/aromatic N) is 1. The van der Waals surface area contributed by atoms with Crippen molar-refractivity contribution in [3.05, 3.63) is 53.6 Å². The van der Waals surface area contributed by atoms with Crippen molar-refractivity contribution in [2.24, 2.45) is 0 Å². The van der Waals surface area contributed by atoms with Crippen LogP contribution in [0.15, 0.2) is 42.5 Å². The van der Waals surface area contributed by atoms with Crippen molar-refractivity contribution in [2.75, 3.05) is 40.4 Å². The lowest BCUT2D eigenvalue weighted by Gasteiger charge is -2.35. The maximum atomic E-state index is 12.7. The Morgan fingerprint density at radius 2 is 1.69 bits per heavy atom. The van der Waals surface area contributed by atoms with Crippen molar-refractivity contribution in [3.63, 3.8) is 0 Å². The number of nitrogens with one attached hydrogen (secondary N) is 1. The monoisotopic (exact) mass is 442 g/mol. The molecule has 0 saturated carbocycles. The molecule has 7 heteroatoms. The Hall–Kier alpha value is -2.77. The topological polar surface area (TPSA) is 69.3 Å². The van der Waals surface area contributed by atoms with Gasteiger partial charge in [-0.1, -0.05) is 30.3 Å². The van der Waals surface area contributed by atoms with Crippen LogP contribution >= 0.6 is 0 Å². The number of amides is 1. The highest BCUT2D eigenvalue weighted by Gasteiger charge is 2.22. The molecular weight excluding hydrogens is 408 g/mol. The van der Waals surface area contributed by atoms with Gasteiger partial charge >= 0.3 is 0 Å². The van der Waals surface area contributed by atoms with Gasteiger partial charge in [0.25, 0.3) is 5.91 Å². The minimum Gasteiger partial charge on any atom is -0.493 e.